The van der Waals surface area contributed by atoms with E-state index in [0.717, 1.165) is 49.2 Å². The molecule has 1 saturated heterocycles. The maximum absolute atomic E-state index is 14.7. The van der Waals surface area contributed by atoms with Crippen molar-refractivity contribution >= 4 is 109 Å². The molecule has 1 aromatic heterocycles. The molecule has 548 valence electrons. The minimum atomic E-state index is -1.66. The van der Waals surface area contributed by atoms with Crippen LogP contribution in [-0.2, 0) is 52.8 Å². The van der Waals surface area contributed by atoms with E-state index in [2.05, 4.69) is 47.5 Å². The summed E-state index contributed by atoms with van der Waals surface area (Å²) >= 11 is 6.13. The molecule has 6 aromatic carbocycles. The van der Waals surface area contributed by atoms with Crippen LogP contribution >= 0.6 is 33.2 Å². The van der Waals surface area contributed by atoms with E-state index in [-0.39, 0.29) is 55.5 Å². The molecule has 1 fully saturated rings. The summed E-state index contributed by atoms with van der Waals surface area (Å²) < 4.78 is 0. The zero-order valence-electron chi connectivity index (χ0n) is 57.7. The second-order valence-corrected chi connectivity index (χ2v) is 28.6. The number of carbonyl (C=O) groups is 9. The molecule has 0 saturated carbocycles. The van der Waals surface area contributed by atoms with Crippen LogP contribution in [0.4, 0.5) is 11.4 Å². The van der Waals surface area contributed by atoms with Crippen molar-refractivity contribution in [2.45, 2.75) is 146 Å². The number of aryl methyl sites for hydroxylation is 2. The number of para-hydroxylation sites is 1. The SMILES string of the molecule is C[C@@H](O)[C@@H]1NC(=O)[C@H](CCCCN)NC(=O)[C@@H](Cc2c[nH]c3ccccc23)NC(=O)[C@H](Cc2ccccc2)NC(=O)[C@@H](NC(=O)[C@H](N)Cc2ccccc2)CSSC[C@@H](C(=O)N[C@H](CO)[C@@H](C)O)NC1=O.Cc1ccccc1C(=O)Nc1ccc(C(=O)N2CCC[C@H](O)c3cc(Cl)ccc32)c(C)c1. The number of halogens is 1. The number of H-pyrrole nitrogens is 1. The van der Waals surface area contributed by atoms with E-state index >= 15 is 0 Å². The van der Waals surface area contributed by atoms with E-state index in [9.17, 15) is 63.6 Å². The number of hydrogen-bond acceptors (Lipinski definition) is 17. The number of aromatic amines is 1. The number of unbranched alkanes of at least 4 members (excludes halogenated alkanes) is 1. The van der Waals surface area contributed by atoms with Crippen LogP contribution in [0.25, 0.3) is 10.9 Å². The van der Waals surface area contributed by atoms with Gasteiger partial charge in [-0.25, -0.2) is 0 Å². The molecule has 11 atom stereocenters. The van der Waals surface area contributed by atoms with Gasteiger partial charge in [0, 0.05) is 81.1 Å². The third kappa shape index (κ3) is 22.7. The molecule has 0 aliphatic carbocycles. The first-order valence-corrected chi connectivity index (χ1v) is 37.0. The number of amides is 9. The number of hydrogen-bond donors (Lipinski definition) is 15. The molecule has 2 aliphatic heterocycles. The smallest absolute Gasteiger partial charge is 0.258 e. The van der Waals surface area contributed by atoms with Crippen LogP contribution in [0.15, 0.2) is 152 Å². The van der Waals surface area contributed by atoms with Crippen LogP contribution in [0, 0.1) is 13.8 Å². The van der Waals surface area contributed by atoms with Gasteiger partial charge in [0.15, 0.2) is 0 Å². The number of rotatable bonds is 20. The third-order valence-electron chi connectivity index (χ3n) is 17.7. The van der Waals surface area contributed by atoms with E-state index in [1.54, 1.807) is 108 Å². The summed E-state index contributed by atoms with van der Waals surface area (Å²) in [6.45, 7) is 6.48. The van der Waals surface area contributed by atoms with Crippen molar-refractivity contribution in [3.8, 4) is 0 Å². The highest BCUT2D eigenvalue weighted by Crippen LogP contribution is 2.36. The lowest BCUT2D eigenvalue weighted by Gasteiger charge is -2.29. The first-order chi connectivity index (χ1) is 49.4. The first-order valence-electron chi connectivity index (χ1n) is 34.1. The molecule has 25 nitrogen and oxygen atoms in total. The Bertz CT molecular complexity index is 4080. The Labute approximate surface area is 611 Å². The van der Waals surface area contributed by atoms with E-state index in [4.69, 9.17) is 23.1 Å². The standard InChI is InChI=1S/C49H66N10O10S2.C26H25ClN2O3/c1-28(61)39(25-60)56-48(68)41-27-71-70-26-40(57-43(63)34(51)21-30-13-5-3-6-14-30)47(67)54-37(22-31-15-7-4-8-16-31)45(65)55-38(23-32-24-52-35-18-10-9-17-33(32)35)46(66)53-36(19-11-12-20-50)44(64)59-42(29(2)62)49(69)58-41;1-16-6-3-4-7-20(16)25(31)28-19-10-11-21(17(2)14-19)26(32)29-13-5-8-24(30)22-15-18(27)9-12-23(22)29/h3-10,13-18,24,28-29,34,36-42,52,60-62H,11-12,19-23,25-27,50-51H2,1-2H3,(H,53,66)(H,54,67)(H,55,65)(H,56,68)(H,57,63)(H,58,69)(H,59,64);3-4,6-7,9-12,14-15,24,30H,5,8,13H2,1-2H3,(H,28,31)/t28-,29-,34-,36+,37+,38-,39-,40+,41+,42+;24-/m10/s1. The summed E-state index contributed by atoms with van der Waals surface area (Å²) in [4.78, 5) is 131. The highest BCUT2D eigenvalue weighted by molar-refractivity contribution is 8.76. The van der Waals surface area contributed by atoms with Crippen LogP contribution in [0.3, 0.4) is 0 Å². The molecule has 0 unspecified atom stereocenters. The molecule has 28 heteroatoms. The molecule has 17 N–H and O–H groups in total. The van der Waals surface area contributed by atoms with Gasteiger partial charge >= 0.3 is 0 Å². The number of nitrogens with zero attached hydrogens (tertiary/aromatic N) is 1. The molecule has 0 radical (unpaired) electrons. The fraction of sp³-hybridized carbons (Fsp3) is 0.373. The number of carbonyl (C=O) groups excluding carboxylic acids is 9. The second kappa shape index (κ2) is 38.9. The monoisotopic (exact) mass is 1470 g/mol. The van der Waals surface area contributed by atoms with E-state index in [0.29, 0.717) is 76.4 Å². The minimum Gasteiger partial charge on any atom is -0.394 e. The number of benzene rings is 6. The Morgan fingerprint density at radius 2 is 1.33 bits per heavy atom. The van der Waals surface area contributed by atoms with Crippen LogP contribution in [-0.4, -0.2) is 170 Å². The number of fused-ring (bicyclic) bond motifs is 2. The van der Waals surface area contributed by atoms with E-state index in [1.165, 1.54) is 13.8 Å². The van der Waals surface area contributed by atoms with Gasteiger partial charge in [-0.05, 0) is 149 Å². The summed E-state index contributed by atoms with van der Waals surface area (Å²) in [6, 6.07) is 32.5. The van der Waals surface area contributed by atoms with Crippen LogP contribution < -0.4 is 58.9 Å². The lowest BCUT2D eigenvalue weighted by molar-refractivity contribution is -0.136. The van der Waals surface area contributed by atoms with Crippen molar-refractivity contribution in [1.29, 1.82) is 0 Å². The van der Waals surface area contributed by atoms with Gasteiger partial charge in [-0.15, -0.1) is 0 Å². The van der Waals surface area contributed by atoms with Gasteiger partial charge in [-0.1, -0.05) is 130 Å². The molecule has 0 bridgehead atoms. The van der Waals surface area contributed by atoms with Gasteiger partial charge in [0.05, 0.1) is 37.0 Å². The van der Waals surface area contributed by atoms with Gasteiger partial charge in [0.2, 0.25) is 41.4 Å². The Morgan fingerprint density at radius 3 is 2.01 bits per heavy atom. The molecule has 9 amide bonds. The van der Waals surface area contributed by atoms with Crippen molar-refractivity contribution in [3.05, 3.63) is 201 Å². The Morgan fingerprint density at radius 1 is 0.689 bits per heavy atom. The third-order valence-corrected chi connectivity index (χ3v) is 20.4. The van der Waals surface area contributed by atoms with E-state index in [1.807, 2.05) is 62.4 Å². The molecular weight excluding hydrogens is 1380 g/mol. The van der Waals surface area contributed by atoms with E-state index < -0.39 is 115 Å². The number of aliphatic hydroxyl groups excluding tert-OH is 4. The number of anilines is 2. The summed E-state index contributed by atoms with van der Waals surface area (Å²) in [5.41, 5.74) is 19.8. The molecule has 0 spiro atoms. The zero-order chi connectivity index (χ0) is 74.3. The van der Waals surface area contributed by atoms with Crippen molar-refractivity contribution in [3.63, 3.8) is 0 Å². The molecule has 2 aliphatic rings. The summed E-state index contributed by atoms with van der Waals surface area (Å²) in [5, 5.41) is 64.4. The predicted octanol–water partition coefficient (Wildman–Crippen LogP) is 4.88. The zero-order valence-corrected chi connectivity index (χ0v) is 60.1. The second-order valence-electron chi connectivity index (χ2n) is 25.6. The van der Waals surface area contributed by atoms with Crippen LogP contribution in [0.2, 0.25) is 5.02 Å². The topological polar surface area (TPSA) is 402 Å². The van der Waals surface area contributed by atoms with Crippen molar-refractivity contribution in [2.24, 2.45) is 11.5 Å². The van der Waals surface area contributed by atoms with Gasteiger partial charge in [-0.2, -0.15) is 0 Å². The molecular formula is C75H91ClN12O13S2. The number of nitrogens with one attached hydrogen (secondary N) is 9. The normalized spacial score (nSPS) is 20.6. The van der Waals surface area contributed by atoms with Gasteiger partial charge in [-0.3, -0.25) is 43.2 Å². The first kappa shape index (κ1) is 79.5. The Balaban J connectivity index is 0.000000347. The Hall–Kier alpha value is -9.16. The highest BCUT2D eigenvalue weighted by Gasteiger charge is 2.37. The minimum absolute atomic E-state index is 0.0340. The average molecular weight is 1470 g/mol. The molecule has 3 heterocycles. The van der Waals surface area contributed by atoms with Crippen molar-refractivity contribution in [1.82, 2.24) is 42.2 Å². The number of aliphatic hydroxyl groups is 4. The van der Waals surface area contributed by atoms with Crippen LogP contribution in [0.1, 0.15) is 106 Å². The lowest BCUT2D eigenvalue weighted by Crippen LogP contribution is -2.62. The van der Waals surface area contributed by atoms with Crippen LogP contribution in [0.5, 0.6) is 0 Å². The van der Waals surface area contributed by atoms with Gasteiger partial charge in [0.25, 0.3) is 11.8 Å². The quantitative estimate of drug-likeness (QED) is 0.0357. The van der Waals surface area contributed by atoms with Gasteiger partial charge < -0.3 is 84.3 Å². The fourth-order valence-corrected chi connectivity index (χ4v) is 14.4. The largest absolute Gasteiger partial charge is 0.394 e. The lowest BCUT2D eigenvalue weighted by atomic mass is 10.0. The molecule has 7 aromatic rings. The Kier molecular flexibility index (Phi) is 30.1. The maximum atomic E-state index is 14.7. The number of nitrogens with two attached hydrogens (primary N) is 2. The summed E-state index contributed by atoms with van der Waals surface area (Å²) in [5.74, 6) is -6.34. The maximum Gasteiger partial charge on any atom is 0.258 e. The molecule has 9 rings (SSSR count). The van der Waals surface area contributed by atoms with Crippen molar-refractivity contribution < 1.29 is 63.6 Å². The number of aromatic nitrogens is 1. The average Bonchev–Trinajstić information content (AvgIpc) is 1.78. The highest BCUT2D eigenvalue weighted by atomic mass is 35.5. The predicted molar refractivity (Wildman–Crippen MR) is 400 cm³/mol. The van der Waals surface area contributed by atoms with Crippen molar-refractivity contribution in [2.75, 3.05) is 41.4 Å². The molecule has 103 heavy (non-hydrogen) atoms. The summed E-state index contributed by atoms with van der Waals surface area (Å²) in [6.07, 6.45) is 0.445. The summed E-state index contributed by atoms with van der Waals surface area (Å²) in [7, 11) is 2.06. The van der Waals surface area contributed by atoms with Gasteiger partial charge in [0.1, 0.15) is 36.3 Å². The fourth-order valence-electron chi connectivity index (χ4n) is 11.8.